The molecule has 0 bridgehead atoms. The number of ether oxygens (including phenoxy) is 1. The van der Waals surface area contributed by atoms with E-state index in [9.17, 15) is 9.18 Å². The van der Waals surface area contributed by atoms with Gasteiger partial charge in [0.2, 0.25) is 5.91 Å². The van der Waals surface area contributed by atoms with Gasteiger partial charge in [-0.1, -0.05) is 29.4 Å². The second-order valence-corrected chi connectivity index (χ2v) is 6.85. The van der Waals surface area contributed by atoms with E-state index in [4.69, 9.17) is 9.26 Å². The molecule has 1 N–H and O–H groups in total. The zero-order chi connectivity index (χ0) is 20.9. The van der Waals surface area contributed by atoms with E-state index in [1.54, 1.807) is 19.2 Å². The van der Waals surface area contributed by atoms with Crippen molar-refractivity contribution in [3.05, 3.63) is 83.6 Å². The van der Waals surface area contributed by atoms with E-state index < -0.39 is 0 Å². The first-order chi connectivity index (χ1) is 14.6. The van der Waals surface area contributed by atoms with Crippen molar-refractivity contribution in [3.8, 4) is 17.2 Å². The Bertz CT molecular complexity index is 1120. The van der Waals surface area contributed by atoms with Crippen molar-refractivity contribution in [2.75, 3.05) is 7.11 Å². The van der Waals surface area contributed by atoms with Crippen molar-refractivity contribution in [2.24, 2.45) is 0 Å². The molecule has 0 atom stereocenters. The number of nitrogens with one attached hydrogen (secondary N) is 1. The van der Waals surface area contributed by atoms with Gasteiger partial charge in [0.25, 0.3) is 5.89 Å². The van der Waals surface area contributed by atoms with Crippen molar-refractivity contribution in [1.29, 1.82) is 0 Å². The Kier molecular flexibility index (Phi) is 5.70. The molecular weight excluding hydrogens is 385 g/mol. The molecule has 30 heavy (non-hydrogen) atoms. The number of halogens is 1. The molecule has 0 saturated carbocycles. The molecule has 2 aromatic carbocycles. The van der Waals surface area contributed by atoms with Gasteiger partial charge >= 0.3 is 0 Å². The van der Waals surface area contributed by atoms with E-state index in [1.807, 2.05) is 36.4 Å². The molecule has 3 aromatic rings. The van der Waals surface area contributed by atoms with Gasteiger partial charge in [-0.05, 0) is 49.2 Å². The van der Waals surface area contributed by atoms with E-state index in [0.29, 0.717) is 35.9 Å². The second-order valence-electron chi connectivity index (χ2n) is 6.85. The maximum Gasteiger partial charge on any atom is 0.258 e. The Hall–Kier alpha value is -3.74. The quantitative estimate of drug-likeness (QED) is 0.662. The number of methoxy groups -OCH3 is 1. The molecule has 1 amide bonds. The largest absolute Gasteiger partial charge is 0.496 e. The topological polar surface area (TPSA) is 77.2 Å². The molecule has 0 saturated heterocycles. The number of rotatable bonds is 6. The fourth-order valence-electron chi connectivity index (χ4n) is 3.24. The van der Waals surface area contributed by atoms with Crippen LogP contribution in [0.2, 0.25) is 0 Å². The first-order valence-electron chi connectivity index (χ1n) is 9.54. The standard InChI is InChI=1S/C23H20FN3O3/c1-29-20-5-3-2-4-17(20)14-21(28)25-19-12-8-15(9-13-19)22-26-23(30-27-22)16-6-10-18(24)11-7-16/h2-8,10-12H,9,13-14H2,1H3,(H,25,28). The van der Waals surface area contributed by atoms with Crippen molar-refractivity contribution >= 4 is 11.5 Å². The first-order valence-corrected chi connectivity index (χ1v) is 9.54. The lowest BCUT2D eigenvalue weighted by atomic mass is 10.0. The van der Waals surface area contributed by atoms with Crippen LogP contribution in [0.3, 0.4) is 0 Å². The Balaban J connectivity index is 1.41. The molecule has 0 fully saturated rings. The highest BCUT2D eigenvalue weighted by atomic mass is 19.1. The van der Waals surface area contributed by atoms with Gasteiger partial charge in [-0.3, -0.25) is 4.79 Å². The summed E-state index contributed by atoms with van der Waals surface area (Å²) in [6, 6.07) is 13.3. The minimum atomic E-state index is -0.320. The fourth-order valence-corrected chi connectivity index (χ4v) is 3.24. The van der Waals surface area contributed by atoms with Crippen LogP contribution in [0.4, 0.5) is 4.39 Å². The minimum absolute atomic E-state index is 0.0965. The molecule has 0 spiro atoms. The van der Waals surface area contributed by atoms with Gasteiger partial charge < -0.3 is 14.6 Å². The highest BCUT2D eigenvalue weighted by Crippen LogP contribution is 2.26. The van der Waals surface area contributed by atoms with E-state index in [-0.39, 0.29) is 18.1 Å². The van der Waals surface area contributed by atoms with Gasteiger partial charge in [0.15, 0.2) is 5.82 Å². The zero-order valence-corrected chi connectivity index (χ0v) is 16.4. The number of nitrogens with zero attached hydrogens (tertiary/aromatic N) is 2. The number of hydrogen-bond donors (Lipinski definition) is 1. The van der Waals surface area contributed by atoms with Gasteiger partial charge in [-0.25, -0.2) is 4.39 Å². The molecule has 1 aliphatic carbocycles. The average molecular weight is 405 g/mol. The summed E-state index contributed by atoms with van der Waals surface area (Å²) < 4.78 is 23.7. The fraction of sp³-hybridized carbons (Fsp3) is 0.174. The minimum Gasteiger partial charge on any atom is -0.496 e. The second kappa shape index (κ2) is 8.73. The Morgan fingerprint density at radius 1 is 1.13 bits per heavy atom. The molecule has 1 aromatic heterocycles. The predicted molar refractivity (Wildman–Crippen MR) is 110 cm³/mol. The summed E-state index contributed by atoms with van der Waals surface area (Å²) in [5, 5.41) is 6.97. The van der Waals surface area contributed by atoms with Crippen molar-refractivity contribution in [2.45, 2.75) is 19.3 Å². The highest BCUT2D eigenvalue weighted by Gasteiger charge is 2.17. The Labute approximate surface area is 173 Å². The Morgan fingerprint density at radius 3 is 2.67 bits per heavy atom. The van der Waals surface area contributed by atoms with Crippen LogP contribution >= 0.6 is 0 Å². The van der Waals surface area contributed by atoms with Gasteiger partial charge in [0.05, 0.1) is 13.5 Å². The van der Waals surface area contributed by atoms with Crippen LogP contribution in [0.5, 0.6) is 5.75 Å². The monoisotopic (exact) mass is 405 g/mol. The molecule has 1 aliphatic rings. The lowest BCUT2D eigenvalue weighted by molar-refractivity contribution is -0.119. The van der Waals surface area contributed by atoms with Crippen molar-refractivity contribution in [1.82, 2.24) is 15.5 Å². The zero-order valence-electron chi connectivity index (χ0n) is 16.4. The number of aromatic nitrogens is 2. The summed E-state index contributed by atoms with van der Waals surface area (Å²) >= 11 is 0. The van der Waals surface area contributed by atoms with E-state index in [2.05, 4.69) is 15.5 Å². The molecule has 0 radical (unpaired) electrons. The Morgan fingerprint density at radius 2 is 1.93 bits per heavy atom. The summed E-state index contributed by atoms with van der Waals surface area (Å²) in [4.78, 5) is 16.8. The van der Waals surface area contributed by atoms with Crippen LogP contribution < -0.4 is 10.1 Å². The predicted octanol–water partition coefficient (Wildman–Crippen LogP) is 4.30. The van der Waals surface area contributed by atoms with Gasteiger partial charge in [-0.15, -0.1) is 0 Å². The maximum absolute atomic E-state index is 13.1. The SMILES string of the molecule is COc1ccccc1CC(=O)NC1=CC=C(c2noc(-c3ccc(F)cc3)n2)CC1. The summed E-state index contributed by atoms with van der Waals surface area (Å²) in [6.45, 7) is 0. The van der Waals surface area contributed by atoms with Crippen LogP contribution in [0, 0.1) is 5.82 Å². The number of carbonyl (C=O) groups is 1. The number of para-hydroxylation sites is 1. The molecular formula is C23H20FN3O3. The van der Waals surface area contributed by atoms with Crippen LogP contribution in [0.1, 0.15) is 24.2 Å². The summed E-state index contributed by atoms with van der Waals surface area (Å²) in [7, 11) is 1.59. The first kappa shape index (κ1) is 19.6. The summed E-state index contributed by atoms with van der Waals surface area (Å²) in [6.07, 6.45) is 5.30. The van der Waals surface area contributed by atoms with E-state index in [1.165, 1.54) is 12.1 Å². The third-order valence-corrected chi connectivity index (χ3v) is 4.80. The summed E-state index contributed by atoms with van der Waals surface area (Å²) in [5.74, 6) is 1.11. The average Bonchev–Trinajstić information content (AvgIpc) is 3.25. The number of hydrogen-bond acceptors (Lipinski definition) is 5. The van der Waals surface area contributed by atoms with Gasteiger partial charge in [-0.2, -0.15) is 4.98 Å². The van der Waals surface area contributed by atoms with E-state index in [0.717, 1.165) is 16.8 Å². The van der Waals surface area contributed by atoms with Crippen LogP contribution in [-0.2, 0) is 11.2 Å². The lowest BCUT2D eigenvalue weighted by Crippen LogP contribution is -2.25. The molecule has 152 valence electrons. The molecule has 7 heteroatoms. The number of benzene rings is 2. The lowest BCUT2D eigenvalue weighted by Gasteiger charge is -2.14. The third-order valence-electron chi connectivity index (χ3n) is 4.80. The van der Waals surface area contributed by atoms with Crippen molar-refractivity contribution < 1.29 is 18.4 Å². The van der Waals surface area contributed by atoms with Gasteiger partial charge in [0, 0.05) is 22.4 Å². The molecule has 6 nitrogen and oxygen atoms in total. The number of amides is 1. The highest BCUT2D eigenvalue weighted by molar-refractivity contribution is 5.81. The molecule has 0 aliphatic heterocycles. The molecule has 1 heterocycles. The van der Waals surface area contributed by atoms with E-state index >= 15 is 0 Å². The van der Waals surface area contributed by atoms with Crippen LogP contribution in [0.15, 0.2) is 70.9 Å². The molecule has 0 unspecified atom stereocenters. The third kappa shape index (κ3) is 4.46. The van der Waals surface area contributed by atoms with Crippen molar-refractivity contribution in [3.63, 3.8) is 0 Å². The summed E-state index contributed by atoms with van der Waals surface area (Å²) in [5.41, 5.74) is 3.24. The van der Waals surface area contributed by atoms with Crippen LogP contribution in [-0.4, -0.2) is 23.2 Å². The van der Waals surface area contributed by atoms with Crippen LogP contribution in [0.25, 0.3) is 17.0 Å². The molecule has 4 rings (SSSR count). The van der Waals surface area contributed by atoms with Gasteiger partial charge in [0.1, 0.15) is 11.6 Å². The normalized spacial score (nSPS) is 13.4. The number of carbonyl (C=O) groups excluding carboxylic acids is 1. The smallest absolute Gasteiger partial charge is 0.258 e. The maximum atomic E-state index is 13.1. The number of allylic oxidation sites excluding steroid dienone is 4.